The number of nitro groups is 1. The number of benzene rings is 2. The number of anilines is 1. The van der Waals surface area contributed by atoms with Gasteiger partial charge in [0, 0.05) is 22.3 Å². The molecule has 0 aliphatic heterocycles. The van der Waals surface area contributed by atoms with E-state index in [4.69, 9.17) is 4.74 Å². The van der Waals surface area contributed by atoms with Crippen LogP contribution in [0, 0.1) is 10.1 Å². The molecule has 1 N–H and O–H groups in total. The number of hydrogen-bond acceptors (Lipinski definition) is 4. The number of carbonyl (C=O) groups excluding carboxylic acids is 1. The zero-order valence-corrected chi connectivity index (χ0v) is 13.2. The fourth-order valence-corrected chi connectivity index (χ4v) is 1.95. The maximum Gasteiger partial charge on any atom is 0.269 e. The maximum absolute atomic E-state index is 12.0. The van der Waals surface area contributed by atoms with Crippen LogP contribution in [-0.4, -0.2) is 16.9 Å². The van der Waals surface area contributed by atoms with Crippen LogP contribution in [0.2, 0.25) is 0 Å². The standard InChI is InChI=1S/C15H13BrN2O4/c1-10(15(19)17-12-4-2-11(16)3-5-12)22-14-8-6-13(7-9-14)18(20)21/h2-10H,1H3,(H,17,19)/t10-/m0/s1. The first-order chi connectivity index (χ1) is 10.5. The summed E-state index contributed by atoms with van der Waals surface area (Å²) in [5.41, 5.74) is 0.631. The first-order valence-corrected chi connectivity index (χ1v) is 7.22. The lowest BCUT2D eigenvalue weighted by Gasteiger charge is -2.14. The molecule has 0 saturated carbocycles. The van der Waals surface area contributed by atoms with E-state index in [0.717, 1.165) is 4.47 Å². The van der Waals surface area contributed by atoms with Crippen molar-refractivity contribution in [2.24, 2.45) is 0 Å². The molecule has 0 bridgehead atoms. The Balaban J connectivity index is 1.95. The van der Waals surface area contributed by atoms with E-state index < -0.39 is 11.0 Å². The molecule has 0 aliphatic carbocycles. The molecule has 0 fully saturated rings. The van der Waals surface area contributed by atoms with Crippen molar-refractivity contribution in [1.29, 1.82) is 0 Å². The molecule has 114 valence electrons. The molecule has 0 heterocycles. The topological polar surface area (TPSA) is 81.5 Å². The molecule has 0 unspecified atom stereocenters. The van der Waals surface area contributed by atoms with E-state index in [1.165, 1.54) is 24.3 Å². The Kier molecular flexibility index (Phi) is 5.11. The quantitative estimate of drug-likeness (QED) is 0.646. The van der Waals surface area contributed by atoms with Crippen molar-refractivity contribution >= 4 is 33.2 Å². The van der Waals surface area contributed by atoms with Crippen LogP contribution in [0.15, 0.2) is 53.0 Å². The number of amides is 1. The van der Waals surface area contributed by atoms with Crippen LogP contribution >= 0.6 is 15.9 Å². The lowest BCUT2D eigenvalue weighted by atomic mass is 10.3. The Hall–Kier alpha value is -2.41. The lowest BCUT2D eigenvalue weighted by molar-refractivity contribution is -0.384. The summed E-state index contributed by atoms with van der Waals surface area (Å²) in [6.45, 7) is 1.61. The van der Waals surface area contributed by atoms with Crippen molar-refractivity contribution in [3.63, 3.8) is 0 Å². The molecule has 0 radical (unpaired) electrons. The molecule has 7 heteroatoms. The highest BCUT2D eigenvalue weighted by molar-refractivity contribution is 9.10. The van der Waals surface area contributed by atoms with E-state index in [1.807, 2.05) is 12.1 Å². The van der Waals surface area contributed by atoms with Crippen molar-refractivity contribution in [2.75, 3.05) is 5.32 Å². The highest BCUT2D eigenvalue weighted by Crippen LogP contribution is 2.19. The SMILES string of the molecule is C[C@H](Oc1ccc([N+](=O)[O-])cc1)C(=O)Nc1ccc(Br)cc1. The Labute approximate surface area is 135 Å². The summed E-state index contributed by atoms with van der Waals surface area (Å²) in [6, 6.07) is 12.7. The van der Waals surface area contributed by atoms with Gasteiger partial charge in [0.15, 0.2) is 6.10 Å². The second kappa shape index (κ2) is 7.04. The summed E-state index contributed by atoms with van der Waals surface area (Å²) in [6.07, 6.45) is -0.731. The average molecular weight is 365 g/mol. The van der Waals surface area contributed by atoms with Crippen molar-refractivity contribution in [2.45, 2.75) is 13.0 Å². The van der Waals surface area contributed by atoms with Gasteiger partial charge in [0.25, 0.3) is 11.6 Å². The van der Waals surface area contributed by atoms with Gasteiger partial charge in [-0.3, -0.25) is 14.9 Å². The average Bonchev–Trinajstić information content (AvgIpc) is 2.50. The van der Waals surface area contributed by atoms with Gasteiger partial charge < -0.3 is 10.1 Å². The molecule has 1 atom stereocenters. The van der Waals surface area contributed by atoms with Crippen molar-refractivity contribution in [3.05, 3.63) is 63.1 Å². The number of nitrogens with zero attached hydrogens (tertiary/aromatic N) is 1. The van der Waals surface area contributed by atoms with Crippen LogP contribution in [0.5, 0.6) is 5.75 Å². The second-order valence-corrected chi connectivity index (χ2v) is 5.42. The first kappa shape index (κ1) is 16.0. The summed E-state index contributed by atoms with van der Waals surface area (Å²) in [5.74, 6) is 0.0877. The van der Waals surface area contributed by atoms with Gasteiger partial charge in [0.2, 0.25) is 0 Å². The van der Waals surface area contributed by atoms with Crippen LogP contribution in [0.1, 0.15) is 6.92 Å². The summed E-state index contributed by atoms with van der Waals surface area (Å²) < 4.78 is 6.38. The van der Waals surface area contributed by atoms with E-state index in [1.54, 1.807) is 19.1 Å². The molecule has 0 spiro atoms. The van der Waals surface area contributed by atoms with Gasteiger partial charge in [-0.25, -0.2) is 0 Å². The fourth-order valence-electron chi connectivity index (χ4n) is 1.68. The van der Waals surface area contributed by atoms with Crippen LogP contribution in [0.3, 0.4) is 0 Å². The number of nitro benzene ring substituents is 1. The molecule has 2 rings (SSSR count). The van der Waals surface area contributed by atoms with Crippen LogP contribution in [-0.2, 0) is 4.79 Å². The monoisotopic (exact) mass is 364 g/mol. The van der Waals surface area contributed by atoms with Crippen LogP contribution in [0.4, 0.5) is 11.4 Å². The largest absolute Gasteiger partial charge is 0.481 e. The van der Waals surface area contributed by atoms with E-state index >= 15 is 0 Å². The molecule has 2 aromatic carbocycles. The van der Waals surface area contributed by atoms with Gasteiger partial charge in [-0.15, -0.1) is 0 Å². The third-order valence-electron chi connectivity index (χ3n) is 2.84. The van der Waals surface area contributed by atoms with E-state index in [9.17, 15) is 14.9 Å². The highest BCUT2D eigenvalue weighted by atomic mass is 79.9. The number of nitrogens with one attached hydrogen (secondary N) is 1. The van der Waals surface area contributed by atoms with Crippen LogP contribution < -0.4 is 10.1 Å². The third-order valence-corrected chi connectivity index (χ3v) is 3.37. The Morgan fingerprint density at radius 1 is 1.18 bits per heavy atom. The fraction of sp³-hybridized carbons (Fsp3) is 0.133. The van der Waals surface area contributed by atoms with Crippen molar-refractivity contribution < 1.29 is 14.5 Å². The molecule has 22 heavy (non-hydrogen) atoms. The van der Waals surface area contributed by atoms with Gasteiger partial charge in [-0.2, -0.15) is 0 Å². The first-order valence-electron chi connectivity index (χ1n) is 6.43. The molecule has 6 nitrogen and oxygen atoms in total. The minimum absolute atomic E-state index is 0.0284. The van der Waals surface area contributed by atoms with Gasteiger partial charge in [0.05, 0.1) is 4.92 Å². The molecule has 0 saturated heterocycles. The summed E-state index contributed by atoms with van der Waals surface area (Å²) in [5, 5.41) is 13.3. The minimum atomic E-state index is -0.731. The molecular formula is C15H13BrN2O4. The molecule has 2 aromatic rings. The van der Waals surface area contributed by atoms with Crippen molar-refractivity contribution in [1.82, 2.24) is 0 Å². The Morgan fingerprint density at radius 3 is 2.32 bits per heavy atom. The smallest absolute Gasteiger partial charge is 0.269 e. The number of hydrogen-bond donors (Lipinski definition) is 1. The van der Waals surface area contributed by atoms with Gasteiger partial charge in [0.1, 0.15) is 5.75 Å². The lowest BCUT2D eigenvalue weighted by Crippen LogP contribution is -2.30. The molecule has 0 aromatic heterocycles. The number of ether oxygens (including phenoxy) is 1. The van der Waals surface area contributed by atoms with E-state index in [-0.39, 0.29) is 11.6 Å². The normalized spacial score (nSPS) is 11.5. The Morgan fingerprint density at radius 2 is 1.77 bits per heavy atom. The highest BCUT2D eigenvalue weighted by Gasteiger charge is 2.15. The summed E-state index contributed by atoms with van der Waals surface area (Å²) in [4.78, 5) is 22.1. The third kappa shape index (κ3) is 4.29. The second-order valence-electron chi connectivity index (χ2n) is 4.51. The number of halogens is 1. The minimum Gasteiger partial charge on any atom is -0.481 e. The zero-order valence-electron chi connectivity index (χ0n) is 11.7. The van der Waals surface area contributed by atoms with Crippen molar-refractivity contribution in [3.8, 4) is 5.75 Å². The summed E-state index contributed by atoms with van der Waals surface area (Å²) in [7, 11) is 0. The molecule has 1 amide bonds. The number of rotatable bonds is 5. The predicted molar refractivity (Wildman–Crippen MR) is 86.0 cm³/mol. The maximum atomic E-state index is 12.0. The van der Waals surface area contributed by atoms with Gasteiger partial charge in [-0.1, -0.05) is 15.9 Å². The number of carbonyl (C=O) groups is 1. The van der Waals surface area contributed by atoms with E-state index in [2.05, 4.69) is 21.2 Å². The molecule has 0 aliphatic rings. The van der Waals surface area contributed by atoms with Gasteiger partial charge >= 0.3 is 0 Å². The van der Waals surface area contributed by atoms with Crippen LogP contribution in [0.25, 0.3) is 0 Å². The zero-order chi connectivity index (χ0) is 16.1. The predicted octanol–water partition coefficient (Wildman–Crippen LogP) is 3.76. The Bertz CT molecular complexity index is 671. The number of non-ortho nitro benzene ring substituents is 1. The molecular weight excluding hydrogens is 352 g/mol. The van der Waals surface area contributed by atoms with E-state index in [0.29, 0.717) is 11.4 Å². The summed E-state index contributed by atoms with van der Waals surface area (Å²) >= 11 is 3.32. The van der Waals surface area contributed by atoms with Gasteiger partial charge in [-0.05, 0) is 43.3 Å².